The number of hydrogen-bond acceptors (Lipinski definition) is 5. The summed E-state index contributed by atoms with van der Waals surface area (Å²) in [5, 5.41) is 18.9. The third-order valence-electron chi connectivity index (χ3n) is 1.58. The van der Waals surface area contributed by atoms with Gasteiger partial charge in [0.15, 0.2) is 0 Å². The van der Waals surface area contributed by atoms with Gasteiger partial charge in [-0.1, -0.05) is 0 Å². The average molecular weight is 183 g/mol. The Bertz CT molecular complexity index is 298. The first-order chi connectivity index (χ1) is 6.15. The van der Waals surface area contributed by atoms with E-state index in [0.29, 0.717) is 5.56 Å². The molecule has 6 heteroatoms. The molecule has 13 heavy (non-hydrogen) atoms. The van der Waals surface area contributed by atoms with Gasteiger partial charge < -0.3 is 21.0 Å². The van der Waals surface area contributed by atoms with E-state index in [1.54, 1.807) is 0 Å². The summed E-state index contributed by atoms with van der Waals surface area (Å²) in [7, 11) is 0. The van der Waals surface area contributed by atoms with Gasteiger partial charge in [-0.15, -0.1) is 0 Å². The van der Waals surface area contributed by atoms with Crippen molar-refractivity contribution in [3.05, 3.63) is 34.0 Å². The van der Waals surface area contributed by atoms with Crippen molar-refractivity contribution >= 4 is 5.82 Å². The highest BCUT2D eigenvalue weighted by Gasteiger charge is 2.10. The van der Waals surface area contributed by atoms with Crippen LogP contribution in [-0.2, 0) is 0 Å². The molecule has 6 nitrogen and oxygen atoms in total. The van der Waals surface area contributed by atoms with Crippen LogP contribution in [0.25, 0.3) is 0 Å². The van der Waals surface area contributed by atoms with E-state index < -0.39 is 11.0 Å². The molecule has 0 aromatic carbocycles. The molecule has 1 aromatic heterocycles. The summed E-state index contributed by atoms with van der Waals surface area (Å²) in [4.78, 5) is 13.2. The zero-order valence-electron chi connectivity index (χ0n) is 6.75. The normalized spacial score (nSPS) is 12.5. The molecule has 0 radical (unpaired) electrons. The highest BCUT2D eigenvalue weighted by Crippen LogP contribution is 2.12. The molecule has 0 aliphatic rings. The smallest absolute Gasteiger partial charge is 0.363 e. The Morgan fingerprint density at radius 2 is 2.38 bits per heavy atom. The Kier molecular flexibility index (Phi) is 2.88. The van der Waals surface area contributed by atoms with E-state index in [1.807, 2.05) is 0 Å². The van der Waals surface area contributed by atoms with Gasteiger partial charge >= 0.3 is 5.82 Å². The summed E-state index contributed by atoms with van der Waals surface area (Å²) in [6, 6.07) is 2.20. The van der Waals surface area contributed by atoms with Crippen molar-refractivity contribution in [3.63, 3.8) is 0 Å². The van der Waals surface area contributed by atoms with Crippen molar-refractivity contribution in [1.29, 1.82) is 0 Å². The van der Waals surface area contributed by atoms with Gasteiger partial charge in [0, 0.05) is 11.6 Å². The maximum atomic E-state index is 10.2. The third-order valence-corrected chi connectivity index (χ3v) is 1.58. The summed E-state index contributed by atoms with van der Waals surface area (Å²) >= 11 is 0. The lowest BCUT2D eigenvalue weighted by Gasteiger charge is -2.04. The van der Waals surface area contributed by atoms with Crippen LogP contribution >= 0.6 is 0 Å². The Balaban J connectivity index is 2.87. The Labute approximate surface area is 74.2 Å². The molecule has 0 saturated carbocycles. The third kappa shape index (κ3) is 2.20. The van der Waals surface area contributed by atoms with Crippen LogP contribution in [0.1, 0.15) is 11.6 Å². The van der Waals surface area contributed by atoms with Gasteiger partial charge in [0.25, 0.3) is 0 Å². The van der Waals surface area contributed by atoms with Gasteiger partial charge in [-0.3, -0.25) is 0 Å². The van der Waals surface area contributed by atoms with Crippen molar-refractivity contribution in [3.8, 4) is 0 Å². The summed E-state index contributed by atoms with van der Waals surface area (Å²) in [5.41, 5.74) is 6.04. The fraction of sp³-hybridized carbons (Fsp3) is 0.286. The molecular weight excluding hydrogens is 174 g/mol. The summed E-state index contributed by atoms with van der Waals surface area (Å²) in [6.45, 7) is -0.209. The topological polar surface area (TPSA) is 102 Å². The first kappa shape index (κ1) is 9.56. The number of rotatable bonds is 3. The molecule has 0 aliphatic carbocycles. The van der Waals surface area contributed by atoms with Crippen LogP contribution < -0.4 is 5.73 Å². The highest BCUT2D eigenvalue weighted by molar-refractivity contribution is 5.24. The zero-order chi connectivity index (χ0) is 9.84. The van der Waals surface area contributed by atoms with E-state index in [1.165, 1.54) is 18.3 Å². The van der Waals surface area contributed by atoms with Crippen LogP contribution in [0, 0.1) is 10.1 Å². The summed E-state index contributed by atoms with van der Waals surface area (Å²) < 4.78 is 0. The molecule has 1 heterocycles. The minimum Gasteiger partial charge on any atom is -0.394 e. The maximum Gasteiger partial charge on any atom is 0.363 e. The fourth-order valence-corrected chi connectivity index (χ4v) is 0.830. The lowest BCUT2D eigenvalue weighted by molar-refractivity contribution is -0.389. The zero-order valence-corrected chi connectivity index (χ0v) is 6.75. The van der Waals surface area contributed by atoms with Crippen LogP contribution in [-0.4, -0.2) is 21.6 Å². The second kappa shape index (κ2) is 3.92. The molecule has 0 aliphatic heterocycles. The predicted octanol–water partition coefficient (Wildman–Crippen LogP) is -0.0181. The molecule has 1 atom stereocenters. The van der Waals surface area contributed by atoms with Crippen LogP contribution in [0.3, 0.4) is 0 Å². The number of nitrogens with two attached hydrogens (primary N) is 1. The second-order valence-electron chi connectivity index (χ2n) is 2.50. The number of nitro groups is 1. The molecule has 1 aromatic rings. The van der Waals surface area contributed by atoms with Gasteiger partial charge in [-0.05, 0) is 16.0 Å². The molecule has 0 fully saturated rings. The molecule has 3 N–H and O–H groups in total. The first-order valence-corrected chi connectivity index (χ1v) is 3.62. The van der Waals surface area contributed by atoms with E-state index in [-0.39, 0.29) is 12.4 Å². The average Bonchev–Trinajstić information content (AvgIpc) is 2.17. The monoisotopic (exact) mass is 183 g/mol. The minimum atomic E-state index is -0.589. The van der Waals surface area contributed by atoms with Gasteiger partial charge in [0.2, 0.25) is 0 Å². The Morgan fingerprint density at radius 3 is 2.77 bits per heavy atom. The van der Waals surface area contributed by atoms with Crippen LogP contribution in [0.4, 0.5) is 5.82 Å². The van der Waals surface area contributed by atoms with Crippen molar-refractivity contribution in [2.24, 2.45) is 5.73 Å². The summed E-state index contributed by atoms with van der Waals surface area (Å²) in [6.07, 6.45) is 1.29. The number of aliphatic hydroxyl groups is 1. The Hall–Kier alpha value is -1.53. The number of nitrogens with zero attached hydrogens (tertiary/aromatic N) is 2. The van der Waals surface area contributed by atoms with Gasteiger partial charge in [0.1, 0.15) is 6.20 Å². The van der Waals surface area contributed by atoms with Crippen molar-refractivity contribution in [1.82, 2.24) is 4.98 Å². The molecule has 0 saturated heterocycles. The molecule has 70 valence electrons. The number of aromatic nitrogens is 1. The standard InChI is InChI=1S/C7H9N3O3/c8-6(4-11)5-1-2-7(9-3-5)10(12)13/h1-3,6,11H,4,8H2. The molecule has 0 spiro atoms. The molecule has 1 rings (SSSR count). The van der Waals surface area contributed by atoms with Gasteiger partial charge in [-0.2, -0.15) is 0 Å². The van der Waals surface area contributed by atoms with Crippen LogP contribution in [0.5, 0.6) is 0 Å². The minimum absolute atomic E-state index is 0.209. The van der Waals surface area contributed by atoms with E-state index in [0.717, 1.165) is 0 Å². The van der Waals surface area contributed by atoms with E-state index in [2.05, 4.69) is 4.98 Å². The first-order valence-electron chi connectivity index (χ1n) is 3.62. The molecule has 0 amide bonds. The predicted molar refractivity (Wildman–Crippen MR) is 44.9 cm³/mol. The van der Waals surface area contributed by atoms with Gasteiger partial charge in [0.05, 0.1) is 12.6 Å². The quantitative estimate of drug-likeness (QED) is 0.506. The fourth-order valence-electron chi connectivity index (χ4n) is 0.830. The second-order valence-corrected chi connectivity index (χ2v) is 2.50. The SMILES string of the molecule is NC(CO)c1ccc([N+](=O)[O-])nc1. The number of pyridine rings is 1. The van der Waals surface area contributed by atoms with Crippen LogP contribution in [0.15, 0.2) is 18.3 Å². The number of hydrogen-bond donors (Lipinski definition) is 2. The van der Waals surface area contributed by atoms with Crippen LogP contribution in [0.2, 0.25) is 0 Å². The lowest BCUT2D eigenvalue weighted by atomic mass is 10.1. The molecular formula is C7H9N3O3. The van der Waals surface area contributed by atoms with E-state index in [4.69, 9.17) is 10.8 Å². The highest BCUT2D eigenvalue weighted by atomic mass is 16.6. The van der Waals surface area contributed by atoms with E-state index >= 15 is 0 Å². The molecule has 0 bridgehead atoms. The largest absolute Gasteiger partial charge is 0.394 e. The lowest BCUT2D eigenvalue weighted by Crippen LogP contribution is -2.14. The van der Waals surface area contributed by atoms with Crippen molar-refractivity contribution in [2.45, 2.75) is 6.04 Å². The number of aliphatic hydroxyl groups excluding tert-OH is 1. The van der Waals surface area contributed by atoms with Gasteiger partial charge in [-0.25, -0.2) is 0 Å². The molecule has 1 unspecified atom stereocenters. The van der Waals surface area contributed by atoms with E-state index in [9.17, 15) is 10.1 Å². The summed E-state index contributed by atoms with van der Waals surface area (Å²) in [5.74, 6) is -0.228. The van der Waals surface area contributed by atoms with Crippen molar-refractivity contribution in [2.75, 3.05) is 6.61 Å². The maximum absolute atomic E-state index is 10.2. The van der Waals surface area contributed by atoms with Crippen molar-refractivity contribution < 1.29 is 10.0 Å². The Morgan fingerprint density at radius 1 is 1.69 bits per heavy atom.